The highest BCUT2D eigenvalue weighted by molar-refractivity contribution is 5.08. The molecule has 0 bridgehead atoms. The third kappa shape index (κ3) is 4.08. The van der Waals surface area contributed by atoms with Crippen LogP contribution in [0.2, 0.25) is 0 Å². The van der Waals surface area contributed by atoms with Crippen LogP contribution >= 0.6 is 0 Å². The van der Waals surface area contributed by atoms with Gasteiger partial charge in [0, 0.05) is 18.6 Å². The summed E-state index contributed by atoms with van der Waals surface area (Å²) < 4.78 is 5.95. The van der Waals surface area contributed by atoms with Gasteiger partial charge in [-0.05, 0) is 43.7 Å². The standard InChI is InChI=1S/C16H26N2O/c1-12(2)10-18(14-5-6-14)11-16-8-7-15(19-16)9-17-13-3-4-13/h7-8,12-14,17H,3-6,9-11H2,1-2H3. The maximum atomic E-state index is 5.95. The fourth-order valence-corrected chi connectivity index (χ4v) is 2.59. The van der Waals surface area contributed by atoms with Gasteiger partial charge < -0.3 is 9.73 Å². The lowest BCUT2D eigenvalue weighted by Crippen LogP contribution is -2.29. The van der Waals surface area contributed by atoms with Gasteiger partial charge in [-0.2, -0.15) is 0 Å². The highest BCUT2D eigenvalue weighted by atomic mass is 16.3. The Bertz CT molecular complexity index is 405. The monoisotopic (exact) mass is 262 g/mol. The molecule has 106 valence electrons. The molecule has 0 amide bonds. The highest BCUT2D eigenvalue weighted by Gasteiger charge is 2.29. The average molecular weight is 262 g/mol. The van der Waals surface area contributed by atoms with E-state index in [-0.39, 0.29) is 0 Å². The SMILES string of the molecule is CC(C)CN(Cc1ccc(CNC2CC2)o1)C1CC1. The van der Waals surface area contributed by atoms with Crippen LogP contribution in [0.3, 0.4) is 0 Å². The molecule has 2 fully saturated rings. The number of nitrogens with one attached hydrogen (secondary N) is 1. The summed E-state index contributed by atoms with van der Waals surface area (Å²) in [7, 11) is 0. The second kappa shape index (κ2) is 5.68. The molecule has 0 unspecified atom stereocenters. The molecular formula is C16H26N2O. The van der Waals surface area contributed by atoms with E-state index in [9.17, 15) is 0 Å². The van der Waals surface area contributed by atoms with E-state index < -0.39 is 0 Å². The third-order valence-corrected chi connectivity index (χ3v) is 3.88. The first kappa shape index (κ1) is 13.2. The number of rotatable bonds is 8. The summed E-state index contributed by atoms with van der Waals surface area (Å²) in [5.41, 5.74) is 0. The van der Waals surface area contributed by atoms with Crippen molar-refractivity contribution in [2.75, 3.05) is 6.54 Å². The van der Waals surface area contributed by atoms with Crippen LogP contribution in [0.5, 0.6) is 0 Å². The van der Waals surface area contributed by atoms with Crippen molar-refractivity contribution in [3.8, 4) is 0 Å². The summed E-state index contributed by atoms with van der Waals surface area (Å²) >= 11 is 0. The first-order chi connectivity index (χ1) is 9.20. The summed E-state index contributed by atoms with van der Waals surface area (Å²) in [6.45, 7) is 7.64. The van der Waals surface area contributed by atoms with E-state index in [0.717, 1.165) is 42.6 Å². The van der Waals surface area contributed by atoms with Crippen molar-refractivity contribution in [2.45, 2.75) is 64.7 Å². The zero-order valence-electron chi connectivity index (χ0n) is 12.2. The molecule has 19 heavy (non-hydrogen) atoms. The Morgan fingerprint density at radius 1 is 1.21 bits per heavy atom. The summed E-state index contributed by atoms with van der Waals surface area (Å²) in [4.78, 5) is 2.58. The van der Waals surface area contributed by atoms with Gasteiger partial charge in [0.25, 0.3) is 0 Å². The minimum atomic E-state index is 0.728. The fraction of sp³-hybridized carbons (Fsp3) is 0.750. The second-order valence-electron chi connectivity index (χ2n) is 6.58. The van der Waals surface area contributed by atoms with Crippen LogP contribution in [0, 0.1) is 5.92 Å². The predicted octanol–water partition coefficient (Wildman–Crippen LogP) is 3.15. The predicted molar refractivity (Wildman–Crippen MR) is 76.8 cm³/mol. The summed E-state index contributed by atoms with van der Waals surface area (Å²) in [6.07, 6.45) is 5.39. The molecule has 2 aliphatic rings. The number of hydrogen-bond acceptors (Lipinski definition) is 3. The lowest BCUT2D eigenvalue weighted by Gasteiger charge is -2.22. The Morgan fingerprint density at radius 3 is 2.58 bits per heavy atom. The molecule has 0 radical (unpaired) electrons. The maximum Gasteiger partial charge on any atom is 0.118 e. The molecule has 0 aliphatic heterocycles. The minimum absolute atomic E-state index is 0.728. The largest absolute Gasteiger partial charge is 0.463 e. The molecule has 2 saturated carbocycles. The zero-order valence-corrected chi connectivity index (χ0v) is 12.2. The molecule has 0 aromatic carbocycles. The number of nitrogens with zero attached hydrogens (tertiary/aromatic N) is 1. The van der Waals surface area contributed by atoms with Crippen molar-refractivity contribution >= 4 is 0 Å². The molecule has 1 N–H and O–H groups in total. The van der Waals surface area contributed by atoms with Gasteiger partial charge in [0.2, 0.25) is 0 Å². The molecule has 1 aromatic heterocycles. The number of hydrogen-bond donors (Lipinski definition) is 1. The van der Waals surface area contributed by atoms with Crippen LogP contribution in [0.15, 0.2) is 16.5 Å². The van der Waals surface area contributed by atoms with Gasteiger partial charge in [-0.3, -0.25) is 4.90 Å². The average Bonchev–Trinajstić information content (AvgIpc) is 3.26. The summed E-state index contributed by atoms with van der Waals surface area (Å²) in [5, 5.41) is 3.50. The minimum Gasteiger partial charge on any atom is -0.463 e. The van der Waals surface area contributed by atoms with Crippen LogP contribution in [0.25, 0.3) is 0 Å². The topological polar surface area (TPSA) is 28.4 Å². The van der Waals surface area contributed by atoms with E-state index in [2.05, 4.69) is 36.2 Å². The molecule has 0 saturated heterocycles. The molecule has 0 atom stereocenters. The maximum absolute atomic E-state index is 5.95. The molecule has 2 aliphatic carbocycles. The Morgan fingerprint density at radius 2 is 1.95 bits per heavy atom. The van der Waals surface area contributed by atoms with Gasteiger partial charge in [-0.1, -0.05) is 13.8 Å². The van der Waals surface area contributed by atoms with Crippen molar-refractivity contribution in [1.82, 2.24) is 10.2 Å². The molecule has 0 spiro atoms. The van der Waals surface area contributed by atoms with Crippen molar-refractivity contribution in [2.24, 2.45) is 5.92 Å². The van der Waals surface area contributed by atoms with Gasteiger partial charge in [-0.25, -0.2) is 0 Å². The van der Waals surface area contributed by atoms with Crippen molar-refractivity contribution in [3.05, 3.63) is 23.7 Å². The molecular weight excluding hydrogens is 236 g/mol. The van der Waals surface area contributed by atoms with E-state index >= 15 is 0 Å². The van der Waals surface area contributed by atoms with E-state index in [0.29, 0.717) is 0 Å². The Balaban J connectivity index is 1.52. The second-order valence-corrected chi connectivity index (χ2v) is 6.58. The van der Waals surface area contributed by atoms with Gasteiger partial charge >= 0.3 is 0 Å². The zero-order chi connectivity index (χ0) is 13.2. The highest BCUT2D eigenvalue weighted by Crippen LogP contribution is 2.29. The lowest BCUT2D eigenvalue weighted by atomic mass is 10.2. The Hall–Kier alpha value is -0.800. The van der Waals surface area contributed by atoms with Crippen molar-refractivity contribution < 1.29 is 4.42 Å². The van der Waals surface area contributed by atoms with Crippen molar-refractivity contribution in [3.63, 3.8) is 0 Å². The van der Waals surface area contributed by atoms with Crippen LogP contribution in [0.4, 0.5) is 0 Å². The normalized spacial score (nSPS) is 19.6. The van der Waals surface area contributed by atoms with E-state index in [4.69, 9.17) is 4.42 Å². The van der Waals surface area contributed by atoms with Gasteiger partial charge in [0.1, 0.15) is 11.5 Å². The number of furan rings is 1. The fourth-order valence-electron chi connectivity index (χ4n) is 2.59. The van der Waals surface area contributed by atoms with Crippen molar-refractivity contribution in [1.29, 1.82) is 0 Å². The van der Waals surface area contributed by atoms with Crippen LogP contribution < -0.4 is 5.32 Å². The molecule has 3 heteroatoms. The smallest absolute Gasteiger partial charge is 0.118 e. The van der Waals surface area contributed by atoms with E-state index in [1.165, 1.54) is 32.2 Å². The van der Waals surface area contributed by atoms with Crippen LogP contribution in [-0.2, 0) is 13.1 Å². The Kier molecular flexibility index (Phi) is 3.94. The quantitative estimate of drug-likeness (QED) is 0.780. The molecule has 3 nitrogen and oxygen atoms in total. The van der Waals surface area contributed by atoms with Crippen LogP contribution in [-0.4, -0.2) is 23.5 Å². The first-order valence-electron chi connectivity index (χ1n) is 7.75. The Labute approximate surface area is 116 Å². The molecule has 3 rings (SSSR count). The van der Waals surface area contributed by atoms with Gasteiger partial charge in [-0.15, -0.1) is 0 Å². The first-order valence-corrected chi connectivity index (χ1v) is 7.75. The van der Waals surface area contributed by atoms with Gasteiger partial charge in [0.15, 0.2) is 0 Å². The molecule has 1 aromatic rings. The summed E-state index contributed by atoms with van der Waals surface area (Å²) in [5.74, 6) is 2.94. The molecule has 1 heterocycles. The third-order valence-electron chi connectivity index (χ3n) is 3.88. The van der Waals surface area contributed by atoms with E-state index in [1.54, 1.807) is 0 Å². The summed E-state index contributed by atoms with van der Waals surface area (Å²) in [6, 6.07) is 5.84. The van der Waals surface area contributed by atoms with Gasteiger partial charge in [0.05, 0.1) is 13.1 Å². The lowest BCUT2D eigenvalue weighted by molar-refractivity contribution is 0.207. The van der Waals surface area contributed by atoms with Crippen LogP contribution in [0.1, 0.15) is 51.1 Å². The van der Waals surface area contributed by atoms with E-state index in [1.807, 2.05) is 0 Å².